The van der Waals surface area contributed by atoms with Gasteiger partial charge in [-0.25, -0.2) is 13.4 Å². The molecule has 1 aliphatic rings. The number of nitrogens with zero attached hydrogens (tertiary/aromatic N) is 3. The molecule has 0 unspecified atom stereocenters. The van der Waals surface area contributed by atoms with Crippen molar-refractivity contribution in [3.8, 4) is 17.4 Å². The zero-order chi connectivity index (χ0) is 31.4. The first kappa shape index (κ1) is 32.2. The maximum absolute atomic E-state index is 13.5. The van der Waals surface area contributed by atoms with E-state index in [2.05, 4.69) is 37.3 Å². The van der Waals surface area contributed by atoms with E-state index in [4.69, 9.17) is 9.47 Å². The molecule has 0 radical (unpaired) electrons. The predicted molar refractivity (Wildman–Crippen MR) is 169 cm³/mol. The number of methoxy groups -OCH3 is 1. The van der Waals surface area contributed by atoms with Gasteiger partial charge in [-0.1, -0.05) is 26.8 Å². The lowest BCUT2D eigenvalue weighted by molar-refractivity contribution is 0.102. The summed E-state index contributed by atoms with van der Waals surface area (Å²) >= 11 is 0. The minimum Gasteiger partial charge on any atom is -0.492 e. The fourth-order valence-corrected chi connectivity index (χ4v) is 5.33. The number of aryl methyl sites for hydroxylation is 1. The Bertz CT molecular complexity index is 1560. The molecule has 12 heteroatoms. The summed E-state index contributed by atoms with van der Waals surface area (Å²) in [5, 5.41) is 6.43. The van der Waals surface area contributed by atoms with Gasteiger partial charge in [0.2, 0.25) is 15.9 Å². The number of piperidine rings is 1. The van der Waals surface area contributed by atoms with Crippen LogP contribution in [0.2, 0.25) is 0 Å². The van der Waals surface area contributed by atoms with Crippen LogP contribution in [0.15, 0.2) is 42.6 Å². The summed E-state index contributed by atoms with van der Waals surface area (Å²) in [6.07, 6.45) is 4.90. The highest BCUT2D eigenvalue weighted by Gasteiger charge is 2.23. The predicted octanol–water partition coefficient (Wildman–Crippen LogP) is 4.69. The van der Waals surface area contributed by atoms with Gasteiger partial charge < -0.3 is 25.0 Å². The fourth-order valence-electron chi connectivity index (χ4n) is 4.78. The molecule has 0 aliphatic carbocycles. The Morgan fingerprint density at radius 2 is 1.79 bits per heavy atom. The molecule has 0 spiro atoms. The number of carbonyl (C=O) groups excluding carboxylic acids is 1. The van der Waals surface area contributed by atoms with Gasteiger partial charge in [0.1, 0.15) is 11.6 Å². The molecule has 43 heavy (non-hydrogen) atoms. The van der Waals surface area contributed by atoms with Gasteiger partial charge in [0, 0.05) is 23.9 Å². The van der Waals surface area contributed by atoms with Gasteiger partial charge >= 0.3 is 0 Å². The largest absolute Gasteiger partial charge is 0.492 e. The Balaban J connectivity index is 1.53. The lowest BCUT2D eigenvalue weighted by Crippen LogP contribution is -2.40. The lowest BCUT2D eigenvalue weighted by atomic mass is 9.86. The standard InChI is InChI=1S/C31H42N6O5S/c1-20-8-9-21(16-26(20)42-28-10-13-32-27(35-28)19-33-23-11-14-37(5)15-12-23)30(38)34-24-17-22(31(2,3)4)18-25(29(24)41-6)36-43(7,39)40/h8-10,13,16-18,23,33,36H,11-12,14-15,19H2,1-7H3,(H,34,38). The number of aromatic nitrogens is 2. The normalized spacial score (nSPS) is 14.8. The molecule has 4 rings (SSSR count). The second-order valence-corrected chi connectivity index (χ2v) is 13.8. The van der Waals surface area contributed by atoms with E-state index in [-0.39, 0.29) is 16.9 Å². The third kappa shape index (κ3) is 8.88. The molecule has 2 aromatic carbocycles. The molecule has 0 atom stereocenters. The van der Waals surface area contributed by atoms with Crippen LogP contribution in [0.1, 0.15) is 60.9 Å². The van der Waals surface area contributed by atoms with Gasteiger partial charge in [0.15, 0.2) is 5.75 Å². The molecule has 1 aromatic heterocycles. The maximum atomic E-state index is 13.5. The highest BCUT2D eigenvalue weighted by Crippen LogP contribution is 2.39. The highest BCUT2D eigenvalue weighted by molar-refractivity contribution is 7.92. The number of ether oxygens (including phenoxy) is 2. The van der Waals surface area contributed by atoms with E-state index in [1.54, 1.807) is 42.6 Å². The van der Waals surface area contributed by atoms with Crippen LogP contribution in [0.5, 0.6) is 17.4 Å². The molecule has 11 nitrogen and oxygen atoms in total. The molecule has 2 heterocycles. The van der Waals surface area contributed by atoms with Crippen LogP contribution >= 0.6 is 0 Å². The molecule has 0 bridgehead atoms. The van der Waals surface area contributed by atoms with Gasteiger partial charge in [0.05, 0.1) is 31.3 Å². The SMILES string of the molecule is COc1c(NC(=O)c2ccc(C)c(Oc3ccnc(CNC4CCN(C)CC4)n3)c2)cc(C(C)(C)C)cc1NS(C)(=O)=O. The van der Waals surface area contributed by atoms with Crippen molar-refractivity contribution in [3.63, 3.8) is 0 Å². The van der Waals surface area contributed by atoms with Gasteiger partial charge in [-0.2, -0.15) is 4.98 Å². The lowest BCUT2D eigenvalue weighted by Gasteiger charge is -2.29. The number of hydrogen-bond donors (Lipinski definition) is 3. The molecule has 1 saturated heterocycles. The first-order valence-corrected chi connectivity index (χ1v) is 16.1. The number of nitrogens with one attached hydrogen (secondary N) is 3. The van der Waals surface area contributed by atoms with E-state index < -0.39 is 15.9 Å². The van der Waals surface area contributed by atoms with Crippen LogP contribution < -0.4 is 24.8 Å². The maximum Gasteiger partial charge on any atom is 0.255 e. The van der Waals surface area contributed by atoms with Crippen LogP contribution in [0.3, 0.4) is 0 Å². The van der Waals surface area contributed by atoms with Crippen LogP contribution in [-0.4, -0.2) is 68.7 Å². The van der Waals surface area contributed by atoms with E-state index in [0.717, 1.165) is 43.3 Å². The van der Waals surface area contributed by atoms with Gasteiger partial charge in [-0.15, -0.1) is 0 Å². The average Bonchev–Trinajstić information content (AvgIpc) is 2.92. The summed E-state index contributed by atoms with van der Waals surface area (Å²) < 4.78 is 38.3. The molecule has 0 saturated carbocycles. The van der Waals surface area contributed by atoms with Crippen molar-refractivity contribution in [2.45, 2.75) is 58.5 Å². The summed E-state index contributed by atoms with van der Waals surface area (Å²) in [5.41, 5.74) is 2.24. The second kappa shape index (κ2) is 13.3. The van der Waals surface area contributed by atoms with Crippen molar-refractivity contribution in [2.75, 3.05) is 43.5 Å². The van der Waals surface area contributed by atoms with Gasteiger partial charge in [0.25, 0.3) is 5.91 Å². The van der Waals surface area contributed by atoms with Crippen LogP contribution in [0.4, 0.5) is 11.4 Å². The van der Waals surface area contributed by atoms with E-state index in [1.807, 2.05) is 27.7 Å². The summed E-state index contributed by atoms with van der Waals surface area (Å²) in [7, 11) is -0.0404. The van der Waals surface area contributed by atoms with E-state index in [9.17, 15) is 13.2 Å². The summed E-state index contributed by atoms with van der Waals surface area (Å²) in [5.74, 6) is 1.29. The molecule has 1 aliphatic heterocycles. The first-order valence-electron chi connectivity index (χ1n) is 14.3. The minimum absolute atomic E-state index is 0.206. The zero-order valence-corrected chi connectivity index (χ0v) is 26.8. The fraction of sp³-hybridized carbons (Fsp3) is 0.452. The first-order chi connectivity index (χ1) is 20.2. The van der Waals surface area contributed by atoms with Crippen LogP contribution in [0, 0.1) is 6.92 Å². The quantitative estimate of drug-likeness (QED) is 0.299. The summed E-state index contributed by atoms with van der Waals surface area (Å²) in [4.78, 5) is 24.7. The van der Waals surface area contributed by atoms with Crippen LogP contribution in [-0.2, 0) is 22.0 Å². The zero-order valence-electron chi connectivity index (χ0n) is 25.9. The van der Waals surface area contributed by atoms with Crippen molar-refractivity contribution in [2.24, 2.45) is 0 Å². The third-order valence-electron chi connectivity index (χ3n) is 7.31. The Hall–Kier alpha value is -3.74. The number of carbonyl (C=O) groups is 1. The molecule has 232 valence electrons. The van der Waals surface area contributed by atoms with Crippen molar-refractivity contribution in [3.05, 3.63) is 65.1 Å². The minimum atomic E-state index is -3.60. The van der Waals surface area contributed by atoms with E-state index in [0.29, 0.717) is 41.3 Å². The van der Waals surface area contributed by atoms with Crippen molar-refractivity contribution in [1.82, 2.24) is 20.2 Å². The average molecular weight is 611 g/mol. The molecule has 3 aromatic rings. The smallest absolute Gasteiger partial charge is 0.255 e. The van der Waals surface area contributed by atoms with Gasteiger partial charge in [-0.05, 0) is 80.7 Å². The highest BCUT2D eigenvalue weighted by atomic mass is 32.2. The Kier molecular flexibility index (Phi) is 9.93. The number of sulfonamides is 1. The molecular formula is C31H42N6O5S. The number of likely N-dealkylation sites (tertiary alicyclic amines) is 1. The number of rotatable bonds is 10. The topological polar surface area (TPSA) is 135 Å². The van der Waals surface area contributed by atoms with Crippen LogP contribution in [0.25, 0.3) is 0 Å². The summed E-state index contributed by atoms with van der Waals surface area (Å²) in [6, 6.07) is 10.8. The number of amides is 1. The Labute approximate surface area is 254 Å². The van der Waals surface area contributed by atoms with Crippen molar-refractivity contribution < 1.29 is 22.7 Å². The molecular weight excluding hydrogens is 568 g/mol. The third-order valence-corrected chi connectivity index (χ3v) is 7.91. The second-order valence-electron chi connectivity index (χ2n) is 12.0. The molecule has 3 N–H and O–H groups in total. The molecule has 1 fully saturated rings. The molecule has 1 amide bonds. The summed E-state index contributed by atoms with van der Waals surface area (Å²) in [6.45, 7) is 10.6. The van der Waals surface area contributed by atoms with Gasteiger partial charge in [-0.3, -0.25) is 9.52 Å². The number of anilines is 2. The Morgan fingerprint density at radius 1 is 1.09 bits per heavy atom. The number of hydrogen-bond acceptors (Lipinski definition) is 9. The van der Waals surface area contributed by atoms with E-state index in [1.165, 1.54) is 7.11 Å². The number of benzene rings is 2. The van der Waals surface area contributed by atoms with Crippen molar-refractivity contribution in [1.29, 1.82) is 0 Å². The van der Waals surface area contributed by atoms with Crippen molar-refractivity contribution >= 4 is 27.3 Å². The Morgan fingerprint density at radius 3 is 2.44 bits per heavy atom. The monoisotopic (exact) mass is 610 g/mol. The van der Waals surface area contributed by atoms with E-state index >= 15 is 0 Å².